The summed E-state index contributed by atoms with van der Waals surface area (Å²) in [5.74, 6) is -0.412. The van der Waals surface area contributed by atoms with Crippen LogP contribution in [0, 0.1) is 0 Å². The van der Waals surface area contributed by atoms with Crippen LogP contribution in [0.4, 0.5) is 5.69 Å². The summed E-state index contributed by atoms with van der Waals surface area (Å²) >= 11 is 3.41. The van der Waals surface area contributed by atoms with E-state index in [0.717, 1.165) is 14.3 Å². The molecule has 2 amide bonds. The van der Waals surface area contributed by atoms with E-state index in [0.29, 0.717) is 5.75 Å². The molecule has 0 spiro atoms. The molecule has 0 heterocycles. The minimum absolute atomic E-state index is 0.0423. The van der Waals surface area contributed by atoms with Gasteiger partial charge in [-0.25, -0.2) is 8.42 Å². The number of ether oxygens (including phenoxy) is 1. The fourth-order valence-corrected chi connectivity index (χ4v) is 5.48. The molecule has 0 unspecified atom stereocenters. The van der Waals surface area contributed by atoms with Crippen LogP contribution >= 0.6 is 15.9 Å². The largest absolute Gasteiger partial charge is 0.497 e. The zero-order chi connectivity index (χ0) is 27.9. The van der Waals surface area contributed by atoms with Crippen LogP contribution in [0.25, 0.3) is 0 Å². The number of nitrogens with one attached hydrogen (secondary N) is 1. The lowest BCUT2D eigenvalue weighted by molar-refractivity contribution is -0.139. The Morgan fingerprint density at radius 1 is 0.947 bits per heavy atom. The number of hydrogen-bond acceptors (Lipinski definition) is 5. The SMILES string of the molecule is COc1cccc(N(CC(=O)N(Cc2ccc(Br)cc2)[C@H](C)C(=O)NC(C)C)S(=O)(=O)c2ccccc2)c1. The van der Waals surface area contributed by atoms with Gasteiger partial charge in [0.2, 0.25) is 11.8 Å². The van der Waals surface area contributed by atoms with Gasteiger partial charge in [-0.05, 0) is 62.7 Å². The normalized spacial score (nSPS) is 12.1. The molecule has 0 radical (unpaired) electrons. The molecular formula is C28H32BrN3O5S. The van der Waals surface area contributed by atoms with Crippen LogP contribution in [0.2, 0.25) is 0 Å². The summed E-state index contributed by atoms with van der Waals surface area (Å²) in [6.45, 7) is 4.91. The average Bonchev–Trinajstić information content (AvgIpc) is 2.90. The van der Waals surface area contributed by atoms with Gasteiger partial charge in [-0.3, -0.25) is 13.9 Å². The summed E-state index contributed by atoms with van der Waals surface area (Å²) in [5, 5.41) is 2.84. The predicted molar refractivity (Wildman–Crippen MR) is 151 cm³/mol. The molecule has 0 saturated carbocycles. The highest BCUT2D eigenvalue weighted by molar-refractivity contribution is 9.10. The number of halogens is 1. The summed E-state index contributed by atoms with van der Waals surface area (Å²) in [5.41, 5.74) is 1.06. The van der Waals surface area contributed by atoms with E-state index in [9.17, 15) is 18.0 Å². The molecule has 0 saturated heterocycles. The van der Waals surface area contributed by atoms with Gasteiger partial charge in [-0.1, -0.05) is 52.3 Å². The number of benzene rings is 3. The maximum atomic E-state index is 13.9. The summed E-state index contributed by atoms with van der Waals surface area (Å²) in [6, 6.07) is 20.8. The van der Waals surface area contributed by atoms with Crippen molar-refractivity contribution in [3.63, 3.8) is 0 Å². The number of carbonyl (C=O) groups excluding carboxylic acids is 2. The lowest BCUT2D eigenvalue weighted by Gasteiger charge is -2.32. The number of nitrogens with zero attached hydrogens (tertiary/aromatic N) is 2. The second-order valence-corrected chi connectivity index (χ2v) is 11.8. The standard InChI is InChI=1S/C28H32BrN3O5S/c1-20(2)30-28(34)21(3)31(18-22-13-15-23(29)16-14-22)27(33)19-32(24-9-8-10-25(17-24)37-4)38(35,36)26-11-6-5-7-12-26/h5-17,20-21H,18-19H2,1-4H3,(H,30,34)/t21-/m1/s1. The Hall–Kier alpha value is -3.37. The van der Waals surface area contributed by atoms with E-state index in [1.165, 1.54) is 24.1 Å². The summed E-state index contributed by atoms with van der Waals surface area (Å²) in [4.78, 5) is 28.2. The lowest BCUT2D eigenvalue weighted by atomic mass is 10.1. The smallest absolute Gasteiger partial charge is 0.264 e. The quantitative estimate of drug-likeness (QED) is 0.347. The molecule has 0 aromatic heterocycles. The average molecular weight is 603 g/mol. The molecule has 202 valence electrons. The minimum atomic E-state index is -4.13. The molecule has 3 rings (SSSR count). The minimum Gasteiger partial charge on any atom is -0.497 e. The van der Waals surface area contributed by atoms with Crippen molar-refractivity contribution in [1.29, 1.82) is 0 Å². The van der Waals surface area contributed by atoms with Gasteiger partial charge in [0, 0.05) is 23.1 Å². The van der Waals surface area contributed by atoms with Crippen LogP contribution < -0.4 is 14.4 Å². The van der Waals surface area contributed by atoms with Gasteiger partial charge in [0.1, 0.15) is 18.3 Å². The second-order valence-electron chi connectivity index (χ2n) is 9.01. The molecule has 1 atom stereocenters. The number of amides is 2. The lowest BCUT2D eigenvalue weighted by Crippen LogP contribution is -2.52. The van der Waals surface area contributed by atoms with Crippen molar-refractivity contribution in [2.45, 2.75) is 44.3 Å². The van der Waals surface area contributed by atoms with Gasteiger partial charge >= 0.3 is 0 Å². The third-order valence-corrected chi connectivity index (χ3v) is 8.13. The Bertz CT molecular complexity index is 1350. The molecule has 0 aliphatic rings. The van der Waals surface area contributed by atoms with E-state index in [-0.39, 0.29) is 29.1 Å². The Morgan fingerprint density at radius 3 is 2.21 bits per heavy atom. The summed E-state index contributed by atoms with van der Waals surface area (Å²) in [7, 11) is -2.65. The summed E-state index contributed by atoms with van der Waals surface area (Å²) in [6.07, 6.45) is 0. The predicted octanol–water partition coefficient (Wildman–Crippen LogP) is 4.59. The first kappa shape index (κ1) is 29.2. The molecule has 0 fully saturated rings. The number of rotatable bonds is 11. The Kier molecular flexibility index (Phi) is 9.93. The molecule has 38 heavy (non-hydrogen) atoms. The van der Waals surface area contributed by atoms with Crippen molar-refractivity contribution in [2.24, 2.45) is 0 Å². The van der Waals surface area contributed by atoms with Crippen LogP contribution in [0.3, 0.4) is 0 Å². The maximum Gasteiger partial charge on any atom is 0.264 e. The Balaban J connectivity index is 2.03. The Labute approximate surface area is 232 Å². The molecule has 1 N–H and O–H groups in total. The zero-order valence-corrected chi connectivity index (χ0v) is 24.2. The number of hydrogen-bond donors (Lipinski definition) is 1. The van der Waals surface area contributed by atoms with Crippen LogP contribution in [0.5, 0.6) is 5.75 Å². The Morgan fingerprint density at radius 2 is 1.61 bits per heavy atom. The molecule has 0 aliphatic carbocycles. The molecule has 10 heteroatoms. The molecule has 0 aliphatic heterocycles. The van der Waals surface area contributed by atoms with Crippen molar-refractivity contribution in [2.75, 3.05) is 18.0 Å². The van der Waals surface area contributed by atoms with Crippen molar-refractivity contribution in [1.82, 2.24) is 10.2 Å². The van der Waals surface area contributed by atoms with Crippen molar-refractivity contribution in [3.8, 4) is 5.75 Å². The molecule has 3 aromatic rings. The van der Waals surface area contributed by atoms with Gasteiger partial charge < -0.3 is 15.0 Å². The highest BCUT2D eigenvalue weighted by Crippen LogP contribution is 2.27. The van der Waals surface area contributed by atoms with Crippen molar-refractivity contribution >= 4 is 43.5 Å². The van der Waals surface area contributed by atoms with E-state index in [4.69, 9.17) is 4.74 Å². The van der Waals surface area contributed by atoms with E-state index in [1.54, 1.807) is 49.4 Å². The van der Waals surface area contributed by atoms with E-state index < -0.39 is 28.5 Å². The molecule has 0 bridgehead atoms. The topological polar surface area (TPSA) is 96.0 Å². The fourth-order valence-electron chi connectivity index (χ4n) is 3.79. The van der Waals surface area contributed by atoms with E-state index >= 15 is 0 Å². The second kappa shape index (κ2) is 12.9. The monoisotopic (exact) mass is 601 g/mol. The first-order valence-electron chi connectivity index (χ1n) is 12.1. The van der Waals surface area contributed by atoms with E-state index in [2.05, 4.69) is 21.2 Å². The van der Waals surface area contributed by atoms with Crippen LogP contribution in [0.15, 0.2) is 88.2 Å². The number of methoxy groups -OCH3 is 1. The maximum absolute atomic E-state index is 13.9. The van der Waals surface area contributed by atoms with Crippen LogP contribution in [0.1, 0.15) is 26.3 Å². The third kappa shape index (κ3) is 7.35. The number of anilines is 1. The fraction of sp³-hybridized carbons (Fsp3) is 0.286. The molecule has 3 aromatic carbocycles. The zero-order valence-electron chi connectivity index (χ0n) is 21.8. The molecule has 8 nitrogen and oxygen atoms in total. The van der Waals surface area contributed by atoms with Crippen LogP contribution in [-0.2, 0) is 26.2 Å². The first-order chi connectivity index (χ1) is 18.0. The first-order valence-corrected chi connectivity index (χ1v) is 14.3. The van der Waals surface area contributed by atoms with Gasteiger partial charge in [0.05, 0.1) is 17.7 Å². The van der Waals surface area contributed by atoms with Gasteiger partial charge in [-0.15, -0.1) is 0 Å². The molecular weight excluding hydrogens is 570 g/mol. The highest BCUT2D eigenvalue weighted by atomic mass is 79.9. The van der Waals surface area contributed by atoms with Crippen molar-refractivity contribution < 1.29 is 22.7 Å². The summed E-state index contributed by atoms with van der Waals surface area (Å²) < 4.78 is 34.8. The number of sulfonamides is 1. The van der Waals surface area contributed by atoms with Gasteiger partial charge in [0.25, 0.3) is 10.0 Å². The number of carbonyl (C=O) groups is 2. The van der Waals surface area contributed by atoms with Gasteiger partial charge in [0.15, 0.2) is 0 Å². The van der Waals surface area contributed by atoms with E-state index in [1.807, 2.05) is 38.1 Å². The van der Waals surface area contributed by atoms with Crippen LogP contribution in [-0.4, -0.2) is 50.9 Å². The highest BCUT2D eigenvalue weighted by Gasteiger charge is 2.32. The van der Waals surface area contributed by atoms with Gasteiger partial charge in [-0.2, -0.15) is 0 Å². The third-order valence-electron chi connectivity index (χ3n) is 5.82. The van der Waals surface area contributed by atoms with Crippen molar-refractivity contribution in [3.05, 3.63) is 88.9 Å².